The second kappa shape index (κ2) is 6.47. The van der Waals surface area contributed by atoms with E-state index in [1.54, 1.807) is 24.2 Å². The van der Waals surface area contributed by atoms with Crippen molar-refractivity contribution in [3.8, 4) is 0 Å². The molecule has 0 radical (unpaired) electrons. The van der Waals surface area contributed by atoms with Crippen LogP contribution >= 0.6 is 0 Å². The summed E-state index contributed by atoms with van der Waals surface area (Å²) in [7, 11) is 3.61. The quantitative estimate of drug-likeness (QED) is 0.652. The normalized spacial score (nSPS) is 13.2. The van der Waals surface area contributed by atoms with Gasteiger partial charge in [0.05, 0.1) is 31.1 Å². The number of nitrogens with two attached hydrogens (primary N) is 1. The Labute approximate surface area is 95.6 Å². The zero-order valence-electron chi connectivity index (χ0n) is 9.83. The predicted molar refractivity (Wildman–Crippen MR) is 62.0 cm³/mol. The van der Waals surface area contributed by atoms with E-state index in [1.165, 1.54) is 0 Å². The molecule has 0 aromatic carbocycles. The summed E-state index contributed by atoms with van der Waals surface area (Å²) < 4.78 is 6.60. The number of hydrogen-bond donors (Lipinski definition) is 2. The highest BCUT2D eigenvalue weighted by Gasteiger charge is 2.09. The fourth-order valence-electron chi connectivity index (χ4n) is 1.45. The molecule has 1 heterocycles. The number of nitrogen functional groups attached to an aromatic ring is 1. The van der Waals surface area contributed by atoms with Crippen LogP contribution in [0.3, 0.4) is 0 Å². The Hall–Kier alpha value is -1.11. The van der Waals surface area contributed by atoms with Crippen molar-refractivity contribution in [1.29, 1.82) is 0 Å². The van der Waals surface area contributed by atoms with Gasteiger partial charge in [0.15, 0.2) is 0 Å². The maximum Gasteiger partial charge on any atom is 0.0862 e. The molecule has 0 spiro atoms. The van der Waals surface area contributed by atoms with Crippen LogP contribution in [0.15, 0.2) is 12.4 Å². The van der Waals surface area contributed by atoms with Crippen LogP contribution in [-0.2, 0) is 11.3 Å². The van der Waals surface area contributed by atoms with E-state index in [4.69, 9.17) is 10.5 Å². The first-order valence-electron chi connectivity index (χ1n) is 5.25. The molecule has 1 aromatic rings. The molecular weight excluding hydrogens is 208 g/mol. The average molecular weight is 228 g/mol. The zero-order valence-corrected chi connectivity index (χ0v) is 9.83. The van der Waals surface area contributed by atoms with Gasteiger partial charge in [-0.1, -0.05) is 0 Å². The minimum absolute atomic E-state index is 0.453. The number of methoxy groups -OCH3 is 1. The number of aliphatic hydroxyl groups is 1. The first kappa shape index (κ1) is 13.0. The Bertz CT molecular complexity index is 303. The molecule has 6 nitrogen and oxygen atoms in total. The summed E-state index contributed by atoms with van der Waals surface area (Å²) in [6, 6.07) is 0. The van der Waals surface area contributed by atoms with Crippen LogP contribution in [0.2, 0.25) is 0 Å². The van der Waals surface area contributed by atoms with Crippen LogP contribution < -0.4 is 5.73 Å². The summed E-state index contributed by atoms with van der Waals surface area (Å²) in [4.78, 5) is 2.01. The van der Waals surface area contributed by atoms with Crippen LogP contribution in [0.5, 0.6) is 0 Å². The molecule has 16 heavy (non-hydrogen) atoms. The monoisotopic (exact) mass is 228 g/mol. The van der Waals surface area contributed by atoms with Gasteiger partial charge in [-0.15, -0.1) is 0 Å². The van der Waals surface area contributed by atoms with E-state index < -0.39 is 6.10 Å². The number of nitrogens with zero attached hydrogens (tertiary/aromatic N) is 3. The molecule has 1 unspecified atom stereocenters. The summed E-state index contributed by atoms with van der Waals surface area (Å²) >= 11 is 0. The van der Waals surface area contributed by atoms with Crippen LogP contribution in [0.1, 0.15) is 0 Å². The van der Waals surface area contributed by atoms with Crippen molar-refractivity contribution < 1.29 is 9.84 Å². The molecule has 0 amide bonds. The van der Waals surface area contributed by atoms with Crippen molar-refractivity contribution >= 4 is 5.69 Å². The van der Waals surface area contributed by atoms with Gasteiger partial charge < -0.3 is 20.5 Å². The Kier molecular flexibility index (Phi) is 5.24. The Balaban J connectivity index is 2.27. The summed E-state index contributed by atoms with van der Waals surface area (Å²) in [6.07, 6.45) is 2.82. The lowest BCUT2D eigenvalue weighted by molar-refractivity contribution is 0.0897. The number of anilines is 1. The third-order valence-electron chi connectivity index (χ3n) is 2.25. The SMILES string of the molecule is COCCN(C)CC(O)Cn1cc(N)cn1. The van der Waals surface area contributed by atoms with Crippen LogP contribution in [0, 0.1) is 0 Å². The molecule has 1 rings (SSSR count). The first-order valence-corrected chi connectivity index (χ1v) is 5.25. The molecule has 1 aromatic heterocycles. The lowest BCUT2D eigenvalue weighted by Gasteiger charge is -2.19. The maximum absolute atomic E-state index is 9.80. The molecule has 1 atom stereocenters. The molecule has 0 aliphatic heterocycles. The minimum atomic E-state index is -0.457. The van der Waals surface area contributed by atoms with Gasteiger partial charge >= 0.3 is 0 Å². The van der Waals surface area contributed by atoms with E-state index in [9.17, 15) is 5.11 Å². The number of aliphatic hydroxyl groups excluding tert-OH is 1. The fraction of sp³-hybridized carbons (Fsp3) is 0.700. The highest BCUT2D eigenvalue weighted by Crippen LogP contribution is 2.00. The van der Waals surface area contributed by atoms with Gasteiger partial charge in [-0.25, -0.2) is 0 Å². The molecule has 0 aliphatic rings. The lowest BCUT2D eigenvalue weighted by Crippen LogP contribution is -2.34. The van der Waals surface area contributed by atoms with Crippen LogP contribution in [-0.4, -0.2) is 59.7 Å². The fourth-order valence-corrected chi connectivity index (χ4v) is 1.45. The van der Waals surface area contributed by atoms with E-state index >= 15 is 0 Å². The Morgan fingerprint density at radius 2 is 2.44 bits per heavy atom. The van der Waals surface area contributed by atoms with Gasteiger partial charge in [-0.2, -0.15) is 5.10 Å². The number of hydrogen-bond acceptors (Lipinski definition) is 5. The second-order valence-electron chi connectivity index (χ2n) is 3.90. The molecule has 0 aliphatic carbocycles. The molecule has 3 N–H and O–H groups in total. The van der Waals surface area contributed by atoms with Crippen molar-refractivity contribution in [3.05, 3.63) is 12.4 Å². The third kappa shape index (κ3) is 4.61. The Morgan fingerprint density at radius 1 is 1.69 bits per heavy atom. The molecule has 6 heteroatoms. The van der Waals surface area contributed by atoms with Gasteiger partial charge in [0.2, 0.25) is 0 Å². The van der Waals surface area contributed by atoms with Crippen molar-refractivity contribution in [2.45, 2.75) is 12.6 Å². The highest BCUT2D eigenvalue weighted by atomic mass is 16.5. The van der Waals surface area contributed by atoms with E-state index in [0.717, 1.165) is 6.54 Å². The summed E-state index contributed by atoms with van der Waals surface area (Å²) in [6.45, 7) is 2.50. The maximum atomic E-state index is 9.80. The number of rotatable bonds is 7. The van der Waals surface area contributed by atoms with Gasteiger partial charge in [-0.05, 0) is 7.05 Å². The largest absolute Gasteiger partial charge is 0.396 e. The van der Waals surface area contributed by atoms with E-state index in [1.807, 2.05) is 11.9 Å². The Morgan fingerprint density at radius 3 is 3.00 bits per heavy atom. The third-order valence-corrected chi connectivity index (χ3v) is 2.25. The standard InChI is InChI=1S/C10H20N4O2/c1-13(3-4-16-2)7-10(15)8-14-6-9(11)5-12-14/h5-6,10,15H,3-4,7-8,11H2,1-2H3. The number of aromatic nitrogens is 2. The minimum Gasteiger partial charge on any atom is -0.396 e. The van der Waals surface area contributed by atoms with E-state index in [2.05, 4.69) is 5.10 Å². The van der Waals surface area contributed by atoms with Crippen molar-refractivity contribution in [1.82, 2.24) is 14.7 Å². The average Bonchev–Trinajstić information content (AvgIpc) is 2.60. The van der Waals surface area contributed by atoms with Crippen molar-refractivity contribution in [2.24, 2.45) is 0 Å². The van der Waals surface area contributed by atoms with Gasteiger partial charge in [0.1, 0.15) is 0 Å². The number of likely N-dealkylation sites (N-methyl/N-ethyl adjacent to an activating group) is 1. The summed E-state index contributed by atoms with van der Waals surface area (Å²) in [5.41, 5.74) is 6.14. The molecule has 0 saturated heterocycles. The highest BCUT2D eigenvalue weighted by molar-refractivity contribution is 5.30. The van der Waals surface area contributed by atoms with E-state index in [-0.39, 0.29) is 0 Å². The van der Waals surface area contributed by atoms with Crippen LogP contribution in [0.25, 0.3) is 0 Å². The first-order chi connectivity index (χ1) is 7.61. The van der Waals surface area contributed by atoms with Gasteiger partial charge in [0, 0.05) is 26.4 Å². The molecule has 0 saturated carbocycles. The van der Waals surface area contributed by atoms with Gasteiger partial charge in [-0.3, -0.25) is 4.68 Å². The lowest BCUT2D eigenvalue weighted by atomic mass is 10.3. The molecular formula is C10H20N4O2. The molecule has 0 bridgehead atoms. The van der Waals surface area contributed by atoms with E-state index in [0.29, 0.717) is 25.4 Å². The van der Waals surface area contributed by atoms with Crippen LogP contribution in [0.4, 0.5) is 5.69 Å². The summed E-state index contributed by atoms with van der Waals surface area (Å²) in [5.74, 6) is 0. The van der Waals surface area contributed by atoms with Crippen molar-refractivity contribution in [3.63, 3.8) is 0 Å². The molecule has 92 valence electrons. The van der Waals surface area contributed by atoms with Gasteiger partial charge in [0.25, 0.3) is 0 Å². The summed E-state index contributed by atoms with van der Waals surface area (Å²) in [5, 5.41) is 13.8. The smallest absolute Gasteiger partial charge is 0.0862 e. The molecule has 0 fully saturated rings. The topological polar surface area (TPSA) is 76.5 Å². The second-order valence-corrected chi connectivity index (χ2v) is 3.90. The zero-order chi connectivity index (χ0) is 12.0. The number of ether oxygens (including phenoxy) is 1. The van der Waals surface area contributed by atoms with Crippen molar-refractivity contribution in [2.75, 3.05) is 39.6 Å². The predicted octanol–water partition coefficient (Wildman–Crippen LogP) is -0.596.